The summed E-state index contributed by atoms with van der Waals surface area (Å²) in [6, 6.07) is 10.6. The van der Waals surface area contributed by atoms with E-state index in [0.29, 0.717) is 10.6 Å². The quantitative estimate of drug-likeness (QED) is 0.376. The summed E-state index contributed by atoms with van der Waals surface area (Å²) in [5, 5.41) is 0.478. The van der Waals surface area contributed by atoms with Gasteiger partial charge in [-0.2, -0.15) is 8.78 Å². The zero-order valence-corrected chi connectivity index (χ0v) is 14.9. The number of benzene rings is 2. The van der Waals surface area contributed by atoms with Crippen molar-refractivity contribution in [2.24, 2.45) is 0 Å². The molecule has 2 aromatic rings. The predicted octanol–water partition coefficient (Wildman–Crippen LogP) is 4.39. The fourth-order valence-electron chi connectivity index (χ4n) is 2.10. The van der Waals surface area contributed by atoms with Crippen LogP contribution >= 0.6 is 11.6 Å². The van der Waals surface area contributed by atoms with Gasteiger partial charge in [0.15, 0.2) is 23.9 Å². The van der Waals surface area contributed by atoms with Crippen LogP contribution in [-0.4, -0.2) is 32.1 Å². The number of hydrogen-bond donors (Lipinski definition) is 0. The molecule has 0 saturated heterocycles. The number of hydrogen-bond acceptors (Lipinski definition) is 5. The van der Waals surface area contributed by atoms with Gasteiger partial charge in [-0.15, -0.1) is 0 Å². The first-order chi connectivity index (χ1) is 12.9. The van der Waals surface area contributed by atoms with E-state index >= 15 is 0 Å². The molecule has 0 fully saturated rings. The van der Waals surface area contributed by atoms with E-state index in [4.69, 9.17) is 21.1 Å². The van der Waals surface area contributed by atoms with E-state index in [1.807, 2.05) is 0 Å². The third-order valence-corrected chi connectivity index (χ3v) is 3.60. The van der Waals surface area contributed by atoms with Crippen molar-refractivity contribution >= 4 is 29.4 Å². The number of Topliss-reactive ketones (excluding diaryl/α,β-unsaturated/α-hetero) is 1. The highest BCUT2D eigenvalue weighted by molar-refractivity contribution is 6.30. The van der Waals surface area contributed by atoms with Crippen LogP contribution in [0.3, 0.4) is 0 Å². The van der Waals surface area contributed by atoms with Gasteiger partial charge in [-0.25, -0.2) is 4.79 Å². The number of halogens is 3. The summed E-state index contributed by atoms with van der Waals surface area (Å²) in [6.45, 7) is -3.53. The van der Waals surface area contributed by atoms with Gasteiger partial charge < -0.3 is 14.2 Å². The van der Waals surface area contributed by atoms with Gasteiger partial charge in [0.05, 0.1) is 7.11 Å². The largest absolute Gasteiger partial charge is 0.493 e. The van der Waals surface area contributed by atoms with Crippen molar-refractivity contribution in [1.82, 2.24) is 0 Å². The zero-order valence-electron chi connectivity index (χ0n) is 14.2. The smallest absolute Gasteiger partial charge is 0.387 e. The number of methoxy groups -OCH3 is 1. The molecule has 0 amide bonds. The van der Waals surface area contributed by atoms with Crippen LogP contribution < -0.4 is 9.47 Å². The average Bonchev–Trinajstić information content (AvgIpc) is 2.65. The third-order valence-electron chi connectivity index (χ3n) is 3.35. The van der Waals surface area contributed by atoms with Crippen molar-refractivity contribution in [3.63, 3.8) is 0 Å². The summed E-state index contributed by atoms with van der Waals surface area (Å²) in [7, 11) is 1.30. The Morgan fingerprint density at radius 3 is 2.48 bits per heavy atom. The van der Waals surface area contributed by atoms with Crippen molar-refractivity contribution in [3.8, 4) is 11.5 Å². The molecule has 142 valence electrons. The molecular formula is C19H15ClF2O5. The van der Waals surface area contributed by atoms with Gasteiger partial charge in [0.25, 0.3) is 0 Å². The maximum Gasteiger partial charge on any atom is 0.387 e. The normalized spacial score (nSPS) is 10.9. The van der Waals surface area contributed by atoms with E-state index in [-0.39, 0.29) is 17.1 Å². The Kier molecular flexibility index (Phi) is 7.31. The van der Waals surface area contributed by atoms with Gasteiger partial charge in [0.1, 0.15) is 0 Å². The molecule has 2 aromatic carbocycles. The lowest BCUT2D eigenvalue weighted by molar-refractivity contribution is -0.136. The Hall–Kier alpha value is -2.93. The molecule has 0 spiro atoms. The molecule has 0 aliphatic heterocycles. The maximum atomic E-state index is 12.6. The second kappa shape index (κ2) is 9.68. The number of carbonyl (C=O) groups is 2. The Labute approximate surface area is 159 Å². The summed E-state index contributed by atoms with van der Waals surface area (Å²) in [5.74, 6) is -1.35. The van der Waals surface area contributed by atoms with E-state index in [2.05, 4.69) is 4.74 Å². The second-order valence-corrected chi connectivity index (χ2v) is 5.56. The molecule has 0 radical (unpaired) electrons. The van der Waals surface area contributed by atoms with Crippen molar-refractivity contribution in [3.05, 3.63) is 64.7 Å². The van der Waals surface area contributed by atoms with E-state index in [9.17, 15) is 18.4 Å². The molecule has 2 rings (SSSR count). The van der Waals surface area contributed by atoms with E-state index in [1.165, 1.54) is 37.5 Å². The number of ketones is 1. The molecule has 8 heteroatoms. The molecule has 0 unspecified atom stereocenters. The van der Waals surface area contributed by atoms with Gasteiger partial charge in [-0.05, 0) is 36.4 Å². The molecule has 0 aliphatic rings. The van der Waals surface area contributed by atoms with Crippen LogP contribution in [0.25, 0.3) is 6.08 Å². The van der Waals surface area contributed by atoms with Crippen LogP contribution in [0.1, 0.15) is 15.9 Å². The first kappa shape index (κ1) is 20.4. The van der Waals surface area contributed by atoms with Crippen LogP contribution in [0, 0.1) is 0 Å². The van der Waals surface area contributed by atoms with Crippen molar-refractivity contribution < 1.29 is 32.6 Å². The van der Waals surface area contributed by atoms with Crippen LogP contribution in [-0.2, 0) is 9.53 Å². The highest BCUT2D eigenvalue weighted by atomic mass is 35.5. The summed E-state index contributed by atoms with van der Waals surface area (Å²) in [6.07, 6.45) is 2.23. The highest BCUT2D eigenvalue weighted by Crippen LogP contribution is 2.33. The van der Waals surface area contributed by atoms with Crippen LogP contribution in [0.2, 0.25) is 5.02 Å². The third kappa shape index (κ3) is 6.07. The zero-order chi connectivity index (χ0) is 19.8. The lowest BCUT2D eigenvalue weighted by atomic mass is 10.1. The lowest BCUT2D eigenvalue weighted by Gasteiger charge is -2.12. The molecule has 0 aromatic heterocycles. The van der Waals surface area contributed by atoms with Crippen LogP contribution in [0.5, 0.6) is 11.5 Å². The van der Waals surface area contributed by atoms with Crippen molar-refractivity contribution in [2.75, 3.05) is 13.7 Å². The number of carbonyl (C=O) groups excluding carboxylic acids is 2. The number of alkyl halides is 2. The minimum Gasteiger partial charge on any atom is -0.493 e. The summed E-state index contributed by atoms with van der Waals surface area (Å²) >= 11 is 5.74. The number of rotatable bonds is 8. The van der Waals surface area contributed by atoms with Gasteiger partial charge in [0.2, 0.25) is 0 Å². The first-order valence-electron chi connectivity index (χ1n) is 7.66. The van der Waals surface area contributed by atoms with Gasteiger partial charge >= 0.3 is 12.6 Å². The Morgan fingerprint density at radius 1 is 1.15 bits per heavy atom. The predicted molar refractivity (Wildman–Crippen MR) is 95.4 cm³/mol. The topological polar surface area (TPSA) is 61.8 Å². The van der Waals surface area contributed by atoms with Crippen molar-refractivity contribution in [2.45, 2.75) is 6.61 Å². The van der Waals surface area contributed by atoms with Gasteiger partial charge in [-0.3, -0.25) is 4.79 Å². The van der Waals surface area contributed by atoms with Gasteiger partial charge in [0, 0.05) is 22.2 Å². The highest BCUT2D eigenvalue weighted by Gasteiger charge is 2.14. The first-order valence-corrected chi connectivity index (χ1v) is 8.04. The Morgan fingerprint density at radius 2 is 1.85 bits per heavy atom. The summed E-state index contributed by atoms with van der Waals surface area (Å²) < 4.78 is 39.4. The molecule has 0 atom stereocenters. The minimum atomic E-state index is -3.06. The molecule has 5 nitrogen and oxygen atoms in total. The van der Waals surface area contributed by atoms with E-state index < -0.39 is 25.0 Å². The monoisotopic (exact) mass is 396 g/mol. The van der Waals surface area contributed by atoms with Crippen LogP contribution in [0.4, 0.5) is 8.78 Å². The molecule has 0 N–H and O–H groups in total. The maximum absolute atomic E-state index is 12.6. The molecule has 0 aliphatic carbocycles. The fourth-order valence-corrected chi connectivity index (χ4v) is 2.23. The molecule has 0 saturated carbocycles. The molecular weight excluding hydrogens is 382 g/mol. The molecule has 27 heavy (non-hydrogen) atoms. The van der Waals surface area contributed by atoms with Crippen molar-refractivity contribution in [1.29, 1.82) is 0 Å². The van der Waals surface area contributed by atoms with E-state index in [1.54, 1.807) is 18.2 Å². The Bertz CT molecular complexity index is 834. The summed E-state index contributed by atoms with van der Waals surface area (Å²) in [4.78, 5) is 23.7. The van der Waals surface area contributed by atoms with Crippen LogP contribution in [0.15, 0.2) is 48.5 Å². The number of para-hydroxylation sites is 1. The lowest BCUT2D eigenvalue weighted by Crippen LogP contribution is -2.12. The fraction of sp³-hybridized carbons (Fsp3) is 0.158. The second-order valence-electron chi connectivity index (χ2n) is 5.13. The molecule has 0 bridgehead atoms. The summed E-state index contributed by atoms with van der Waals surface area (Å²) in [5.41, 5.74) is 0.534. The standard InChI is InChI=1S/C19H15ClF2O5/c1-25-16-4-2-3-13(18(16)27-19(21)22)7-10-17(24)26-11-15(23)12-5-8-14(20)9-6-12/h2-10,19H,11H2,1H3/b10-7+. The van der Waals surface area contributed by atoms with E-state index in [0.717, 1.165) is 6.08 Å². The number of ether oxygens (including phenoxy) is 3. The minimum absolute atomic E-state index is 0.0868. The average molecular weight is 397 g/mol. The Balaban J connectivity index is 2.02. The number of esters is 1. The molecule has 0 heterocycles. The SMILES string of the molecule is COc1cccc(/C=C/C(=O)OCC(=O)c2ccc(Cl)cc2)c1OC(F)F. The van der Waals surface area contributed by atoms with Gasteiger partial charge in [-0.1, -0.05) is 23.7 Å².